The first kappa shape index (κ1) is 25.8. The molecule has 3 rings (SSSR count). The van der Waals surface area contributed by atoms with Gasteiger partial charge < -0.3 is 20.9 Å². The van der Waals surface area contributed by atoms with Gasteiger partial charge in [0.2, 0.25) is 17.7 Å². The molecule has 1 unspecified atom stereocenters. The molecular weight excluding hydrogens is 455 g/mol. The van der Waals surface area contributed by atoms with Gasteiger partial charge in [0, 0.05) is 19.0 Å². The summed E-state index contributed by atoms with van der Waals surface area (Å²) >= 11 is 0. The molecule has 1 aliphatic carbocycles. The number of carbonyl (C=O) groups excluding carboxylic acids is 4. The van der Waals surface area contributed by atoms with Gasteiger partial charge in [-0.3, -0.25) is 19.2 Å². The van der Waals surface area contributed by atoms with E-state index in [2.05, 4.69) is 10.6 Å². The van der Waals surface area contributed by atoms with Gasteiger partial charge >= 0.3 is 12.1 Å². The fourth-order valence-electron chi connectivity index (χ4n) is 5.28. The van der Waals surface area contributed by atoms with E-state index in [1.807, 2.05) is 19.9 Å². The molecule has 34 heavy (non-hydrogen) atoms. The molecule has 0 aromatic carbocycles. The number of nitriles is 1. The predicted octanol–water partition coefficient (Wildman–Crippen LogP) is 0.707. The van der Waals surface area contributed by atoms with Crippen molar-refractivity contribution in [1.29, 1.82) is 5.26 Å². The summed E-state index contributed by atoms with van der Waals surface area (Å²) in [6.45, 7) is 7.57. The fourth-order valence-corrected chi connectivity index (χ4v) is 5.28. The number of nitrogens with zero attached hydrogens (tertiary/aromatic N) is 2. The van der Waals surface area contributed by atoms with Crippen LogP contribution in [0.1, 0.15) is 40.5 Å². The molecular formula is C22H30F3N5O4. The molecule has 2 heterocycles. The third-order valence-corrected chi connectivity index (χ3v) is 7.39. The van der Waals surface area contributed by atoms with E-state index >= 15 is 0 Å². The van der Waals surface area contributed by atoms with Gasteiger partial charge in [-0.1, -0.05) is 27.7 Å². The van der Waals surface area contributed by atoms with Gasteiger partial charge in [-0.05, 0) is 36.0 Å². The highest BCUT2D eigenvalue weighted by molar-refractivity contribution is 5.94. The lowest BCUT2D eigenvalue weighted by molar-refractivity contribution is -0.175. The van der Waals surface area contributed by atoms with Crippen LogP contribution in [0.25, 0.3) is 0 Å². The first-order chi connectivity index (χ1) is 15.7. The number of alkyl halides is 3. The molecule has 188 valence electrons. The number of hydrogen-bond donors (Lipinski definition) is 3. The van der Waals surface area contributed by atoms with Gasteiger partial charge in [0.15, 0.2) is 0 Å². The van der Waals surface area contributed by atoms with E-state index in [1.54, 1.807) is 5.32 Å². The van der Waals surface area contributed by atoms with Crippen molar-refractivity contribution in [1.82, 2.24) is 20.9 Å². The Balaban J connectivity index is 1.77. The summed E-state index contributed by atoms with van der Waals surface area (Å²) in [5.41, 5.74) is -0.255. The molecule has 0 radical (unpaired) electrons. The smallest absolute Gasteiger partial charge is 0.356 e. The molecule has 3 aliphatic rings. The van der Waals surface area contributed by atoms with Gasteiger partial charge in [-0.2, -0.15) is 18.4 Å². The van der Waals surface area contributed by atoms with Crippen molar-refractivity contribution in [2.75, 3.05) is 13.1 Å². The van der Waals surface area contributed by atoms with Crippen molar-refractivity contribution in [3.63, 3.8) is 0 Å². The second kappa shape index (κ2) is 9.07. The normalized spacial score (nSPS) is 29.0. The van der Waals surface area contributed by atoms with E-state index in [1.165, 1.54) is 18.7 Å². The number of rotatable bonds is 7. The molecule has 3 N–H and O–H groups in total. The van der Waals surface area contributed by atoms with E-state index in [-0.39, 0.29) is 36.1 Å². The summed E-state index contributed by atoms with van der Waals surface area (Å²) in [7, 11) is 0. The molecule has 4 amide bonds. The monoisotopic (exact) mass is 485 g/mol. The summed E-state index contributed by atoms with van der Waals surface area (Å²) in [4.78, 5) is 51.1. The minimum atomic E-state index is -5.15. The number of carbonyl (C=O) groups is 4. The quantitative estimate of drug-likeness (QED) is 0.489. The maximum Gasteiger partial charge on any atom is 0.471 e. The van der Waals surface area contributed by atoms with Crippen LogP contribution in [-0.2, 0) is 19.2 Å². The zero-order valence-corrected chi connectivity index (χ0v) is 19.5. The Labute approximate surface area is 195 Å². The second-order valence-electron chi connectivity index (χ2n) is 10.3. The lowest BCUT2D eigenvalue weighted by Gasteiger charge is -2.34. The third kappa shape index (κ3) is 4.83. The maximum absolute atomic E-state index is 13.3. The Hall–Kier alpha value is -2.84. The summed E-state index contributed by atoms with van der Waals surface area (Å²) < 4.78 is 38.4. The van der Waals surface area contributed by atoms with Gasteiger partial charge in [-0.25, -0.2) is 0 Å². The van der Waals surface area contributed by atoms with E-state index in [0.717, 1.165) is 0 Å². The van der Waals surface area contributed by atoms with Crippen molar-refractivity contribution < 1.29 is 32.3 Å². The molecule has 0 bridgehead atoms. The van der Waals surface area contributed by atoms with Crippen molar-refractivity contribution in [3.05, 3.63) is 0 Å². The van der Waals surface area contributed by atoms with Crippen molar-refractivity contribution in [2.24, 2.45) is 29.1 Å². The van der Waals surface area contributed by atoms with Crippen LogP contribution in [0.4, 0.5) is 13.2 Å². The lowest BCUT2D eigenvalue weighted by Crippen LogP contribution is -2.59. The second-order valence-corrected chi connectivity index (χ2v) is 10.3. The number of fused-ring (bicyclic) bond motifs is 1. The van der Waals surface area contributed by atoms with Crippen molar-refractivity contribution in [3.8, 4) is 6.07 Å². The summed E-state index contributed by atoms with van der Waals surface area (Å²) in [5.74, 6) is -5.06. The number of nitrogens with one attached hydrogen (secondary N) is 3. The largest absolute Gasteiger partial charge is 0.471 e. The zero-order chi connectivity index (χ0) is 25.6. The number of piperidine rings is 1. The standard InChI is InChI=1S/C22H30F3N5O4/c1-10(2)15(29-20(34)22(23,24)25)19(33)30-9-13-14(21(13,3)4)16(30)18(32)28-12(8-26)7-11-5-6-27-17(11)31/h10-16H,5-7,9H2,1-4H3,(H,27,31)(H,28,32)(H,29,34)/t11-,12+,13-,14-,15-,16?/m0/s1. The molecule has 1 saturated carbocycles. The van der Waals surface area contributed by atoms with Crippen molar-refractivity contribution in [2.45, 2.75) is 64.8 Å². The number of halogens is 3. The molecule has 0 aromatic rings. The molecule has 2 aliphatic heterocycles. The van der Waals surface area contributed by atoms with Gasteiger partial charge in [-0.15, -0.1) is 0 Å². The number of amides is 4. The van der Waals surface area contributed by atoms with Crippen LogP contribution < -0.4 is 16.0 Å². The predicted molar refractivity (Wildman–Crippen MR) is 112 cm³/mol. The summed E-state index contributed by atoms with van der Waals surface area (Å²) in [6.07, 6.45) is -4.47. The topological polar surface area (TPSA) is 131 Å². The maximum atomic E-state index is 13.3. The molecule has 2 saturated heterocycles. The highest BCUT2D eigenvalue weighted by atomic mass is 19.4. The van der Waals surface area contributed by atoms with E-state index in [9.17, 15) is 37.6 Å². The molecule has 12 heteroatoms. The molecule has 0 spiro atoms. The number of hydrogen-bond acceptors (Lipinski definition) is 5. The average Bonchev–Trinajstić information content (AvgIpc) is 3.10. The fraction of sp³-hybridized carbons (Fsp3) is 0.773. The molecule has 9 nitrogen and oxygen atoms in total. The van der Waals surface area contributed by atoms with E-state index < -0.39 is 53.9 Å². The Kier molecular flexibility index (Phi) is 6.88. The average molecular weight is 486 g/mol. The van der Waals surface area contributed by atoms with Crippen molar-refractivity contribution >= 4 is 23.6 Å². The van der Waals surface area contributed by atoms with Gasteiger partial charge in [0.25, 0.3) is 0 Å². The number of likely N-dealkylation sites (tertiary alicyclic amines) is 1. The van der Waals surface area contributed by atoms with Crippen LogP contribution in [-0.4, -0.2) is 65.9 Å². The van der Waals surface area contributed by atoms with Crippen LogP contribution in [0.15, 0.2) is 0 Å². The molecule has 0 aromatic heterocycles. The van der Waals surface area contributed by atoms with Crippen LogP contribution in [0, 0.1) is 40.4 Å². The van der Waals surface area contributed by atoms with Crippen LogP contribution >= 0.6 is 0 Å². The molecule has 6 atom stereocenters. The van der Waals surface area contributed by atoms with Gasteiger partial charge in [0.1, 0.15) is 18.1 Å². The van der Waals surface area contributed by atoms with Crippen LogP contribution in [0.5, 0.6) is 0 Å². The minimum absolute atomic E-state index is 0.0283. The highest BCUT2D eigenvalue weighted by Crippen LogP contribution is 2.65. The third-order valence-electron chi connectivity index (χ3n) is 7.39. The Morgan fingerprint density at radius 2 is 1.91 bits per heavy atom. The van der Waals surface area contributed by atoms with E-state index in [0.29, 0.717) is 13.0 Å². The first-order valence-corrected chi connectivity index (χ1v) is 11.4. The summed E-state index contributed by atoms with van der Waals surface area (Å²) in [5, 5.41) is 16.6. The first-order valence-electron chi connectivity index (χ1n) is 11.4. The Bertz CT molecular complexity index is 913. The Morgan fingerprint density at radius 3 is 2.41 bits per heavy atom. The lowest BCUT2D eigenvalue weighted by atomic mass is 9.96. The summed E-state index contributed by atoms with van der Waals surface area (Å²) in [6, 6.07) is -1.41. The minimum Gasteiger partial charge on any atom is -0.356 e. The van der Waals surface area contributed by atoms with E-state index in [4.69, 9.17) is 0 Å². The highest BCUT2D eigenvalue weighted by Gasteiger charge is 2.69. The SMILES string of the molecule is CC(C)[C@H](NC(=O)C(F)(F)F)C(=O)N1C[C@H]2[C@@H](C1C(=O)N[C@@H](C#N)C[C@@H]1CCNC1=O)C2(C)C. The molecule has 3 fully saturated rings. The van der Waals surface area contributed by atoms with Crippen LogP contribution in [0.3, 0.4) is 0 Å². The van der Waals surface area contributed by atoms with Gasteiger partial charge in [0.05, 0.1) is 6.07 Å². The zero-order valence-electron chi connectivity index (χ0n) is 19.5. The van der Waals surface area contributed by atoms with Crippen LogP contribution in [0.2, 0.25) is 0 Å². The Morgan fingerprint density at radius 1 is 1.26 bits per heavy atom.